The van der Waals surface area contributed by atoms with E-state index in [1.165, 1.54) is 0 Å². The van der Waals surface area contributed by atoms with Crippen molar-refractivity contribution >= 4 is 104 Å². The van der Waals surface area contributed by atoms with Crippen molar-refractivity contribution in [3.63, 3.8) is 0 Å². The Labute approximate surface area is 425 Å². The lowest BCUT2D eigenvalue weighted by molar-refractivity contribution is 1.27. The summed E-state index contributed by atoms with van der Waals surface area (Å²) in [5, 5.41) is 2.10. The van der Waals surface area contributed by atoms with Crippen molar-refractivity contribution in [1.82, 2.24) is 39.9 Å². The van der Waals surface area contributed by atoms with E-state index in [9.17, 15) is 0 Å². The van der Waals surface area contributed by atoms with Gasteiger partial charge in [0, 0.05) is 77.5 Å². The first kappa shape index (κ1) is 42.3. The molecule has 10 heterocycles. The van der Waals surface area contributed by atoms with Crippen LogP contribution in [0.5, 0.6) is 0 Å². The van der Waals surface area contributed by atoms with Crippen LogP contribution in [-0.4, -0.2) is 39.9 Å². The van der Waals surface area contributed by atoms with Crippen molar-refractivity contribution in [2.45, 2.75) is 0 Å². The number of nitrogens with one attached hydrogen (secondary N) is 4. The van der Waals surface area contributed by atoms with Gasteiger partial charge in [0.15, 0.2) is 0 Å². The maximum absolute atomic E-state index is 5.07. The van der Waals surface area contributed by atoms with Crippen molar-refractivity contribution in [2.24, 2.45) is 0 Å². The van der Waals surface area contributed by atoms with Crippen molar-refractivity contribution in [3.8, 4) is 45.9 Å². The normalized spacial score (nSPS) is 12.2. The smallest absolute Gasteiger partial charge is 0.0737 e. The summed E-state index contributed by atoms with van der Waals surface area (Å²) in [6.07, 6.45) is 16.5. The van der Waals surface area contributed by atoms with Crippen LogP contribution in [0.25, 0.3) is 126 Å². The molecular formula is C66H40N8. The van der Waals surface area contributed by atoms with Gasteiger partial charge < -0.3 is 19.9 Å². The molecule has 0 unspecified atom stereocenters. The van der Waals surface area contributed by atoms with Crippen molar-refractivity contribution < 1.29 is 0 Å². The number of benzene rings is 4. The molecule has 6 aromatic heterocycles. The third-order valence-corrected chi connectivity index (χ3v) is 13.4. The van der Waals surface area contributed by atoms with Crippen molar-refractivity contribution in [1.29, 1.82) is 0 Å². The maximum Gasteiger partial charge on any atom is 0.0737 e. The molecule has 0 aliphatic carbocycles. The molecule has 0 amide bonds. The van der Waals surface area contributed by atoms with Gasteiger partial charge in [0.1, 0.15) is 0 Å². The Hall–Kier alpha value is -10.5. The number of hydrogen-bond acceptors (Lipinski definition) is 4. The molecule has 4 aliphatic heterocycles. The Morgan fingerprint density at radius 3 is 0.878 bits per heavy atom. The summed E-state index contributed by atoms with van der Waals surface area (Å²) in [6.45, 7) is 0. The molecule has 16 bridgehead atoms. The summed E-state index contributed by atoms with van der Waals surface area (Å²) in [5.41, 5.74) is 22.5. The fraction of sp³-hybridized carbons (Fsp3) is 0. The standard InChI is InChI=1S/C66H40N8/c1-2-4-60-44(12-6-42-9-15-46(16-10-42)66-63-33-29-57(73-63)39-53-25-21-49(69-53)36-50-22-26-54(70-50)40-58-30-34-64(66)74-58)18-17-43(59(60)3-1)11-5-41-7-13-45(14-8-41)65-61-31-27-55(71-61)37-51-23-19-47(67-51)35-48-20-24-52(68-48)38-56-28-32-62(65)72-56/h1-4,7-10,13-40,67-70H. The van der Waals surface area contributed by atoms with Gasteiger partial charge in [-0.1, -0.05) is 72.2 Å². The number of fused-ring (bicyclic) bond motifs is 17. The molecule has 10 aromatic rings. The lowest BCUT2D eigenvalue weighted by Gasteiger charge is -2.06. The van der Waals surface area contributed by atoms with E-state index in [0.29, 0.717) is 0 Å². The fourth-order valence-corrected chi connectivity index (χ4v) is 9.84. The van der Waals surface area contributed by atoms with Gasteiger partial charge >= 0.3 is 0 Å². The van der Waals surface area contributed by atoms with Gasteiger partial charge in [0.25, 0.3) is 0 Å². The molecule has 0 radical (unpaired) electrons. The average Bonchev–Trinajstić information content (AvgIpc) is 4.28. The van der Waals surface area contributed by atoms with Crippen LogP contribution >= 0.6 is 0 Å². The van der Waals surface area contributed by atoms with E-state index in [-0.39, 0.29) is 0 Å². The van der Waals surface area contributed by atoms with Crippen LogP contribution in [0.1, 0.15) is 67.8 Å². The van der Waals surface area contributed by atoms with Gasteiger partial charge in [-0.15, -0.1) is 0 Å². The van der Waals surface area contributed by atoms with Crippen LogP contribution in [-0.2, 0) is 0 Å². The minimum absolute atomic E-state index is 0.855. The summed E-state index contributed by atoms with van der Waals surface area (Å²) < 4.78 is 0. The first-order valence-corrected chi connectivity index (χ1v) is 24.4. The zero-order chi connectivity index (χ0) is 49.0. The molecule has 344 valence electrons. The maximum atomic E-state index is 5.07. The van der Waals surface area contributed by atoms with Crippen LogP contribution in [0.15, 0.2) is 170 Å². The third kappa shape index (κ3) is 8.41. The molecule has 0 fully saturated rings. The van der Waals surface area contributed by atoms with E-state index in [0.717, 1.165) is 145 Å². The number of nitrogens with zero attached hydrogens (tertiary/aromatic N) is 4. The fourth-order valence-electron chi connectivity index (χ4n) is 9.84. The van der Waals surface area contributed by atoms with Gasteiger partial charge in [-0.25, -0.2) is 19.9 Å². The van der Waals surface area contributed by atoms with E-state index < -0.39 is 0 Å². The largest absolute Gasteiger partial charge is 0.355 e. The highest BCUT2D eigenvalue weighted by molar-refractivity contribution is 5.94. The first-order valence-electron chi connectivity index (χ1n) is 24.4. The second-order valence-electron chi connectivity index (χ2n) is 18.5. The van der Waals surface area contributed by atoms with Crippen molar-refractivity contribution in [2.75, 3.05) is 0 Å². The molecule has 0 atom stereocenters. The van der Waals surface area contributed by atoms with Crippen LogP contribution in [0.3, 0.4) is 0 Å². The summed E-state index contributed by atoms with van der Waals surface area (Å²) in [6, 6.07) is 58.2. The van der Waals surface area contributed by atoms with Gasteiger partial charge in [0.05, 0.1) is 45.6 Å². The molecule has 0 saturated heterocycles. The minimum Gasteiger partial charge on any atom is -0.355 e. The van der Waals surface area contributed by atoms with Gasteiger partial charge in [0.2, 0.25) is 0 Å². The second-order valence-corrected chi connectivity index (χ2v) is 18.5. The second kappa shape index (κ2) is 17.7. The lowest BCUT2D eigenvalue weighted by atomic mass is 9.98. The molecule has 4 aromatic carbocycles. The number of aromatic amines is 4. The summed E-state index contributed by atoms with van der Waals surface area (Å²) >= 11 is 0. The minimum atomic E-state index is 0.855. The molecule has 0 spiro atoms. The highest BCUT2D eigenvalue weighted by atomic mass is 14.8. The third-order valence-electron chi connectivity index (χ3n) is 13.4. The zero-order valence-electron chi connectivity index (χ0n) is 39.6. The van der Waals surface area contributed by atoms with Crippen LogP contribution in [0.4, 0.5) is 0 Å². The highest BCUT2D eigenvalue weighted by Gasteiger charge is 2.16. The average molecular weight is 945 g/mol. The summed E-state index contributed by atoms with van der Waals surface area (Å²) in [4.78, 5) is 34.2. The summed E-state index contributed by atoms with van der Waals surface area (Å²) in [7, 11) is 0. The first-order chi connectivity index (χ1) is 36.5. The van der Waals surface area contributed by atoms with E-state index in [1.54, 1.807) is 0 Å². The van der Waals surface area contributed by atoms with E-state index >= 15 is 0 Å². The predicted octanol–water partition coefficient (Wildman–Crippen LogP) is 14.9. The molecular weight excluding hydrogens is 905 g/mol. The Kier molecular flexibility index (Phi) is 10.1. The van der Waals surface area contributed by atoms with Crippen LogP contribution in [0.2, 0.25) is 0 Å². The quantitative estimate of drug-likeness (QED) is 0.129. The SMILES string of the molecule is C(#Cc1ccc(C#Cc2ccc(-c3c4nc(cc5ccc(cc6ccc(cc7nc3C=C7)[nH]6)[nH]5)C=C4)cc2)c2ccccc12)c1ccc(-c2c3nc(cc4ccc(cc5ccc(cc6nc2C=C6)[nH]5)[nH]4)C=C3)cc1. The summed E-state index contributed by atoms with van der Waals surface area (Å²) in [5.74, 6) is 13.8. The van der Waals surface area contributed by atoms with Crippen LogP contribution < -0.4 is 0 Å². The predicted molar refractivity (Wildman–Crippen MR) is 304 cm³/mol. The molecule has 0 saturated carbocycles. The highest BCUT2D eigenvalue weighted by Crippen LogP contribution is 2.34. The van der Waals surface area contributed by atoms with Gasteiger partial charge in [-0.05, 0) is 192 Å². The molecule has 4 aliphatic rings. The monoisotopic (exact) mass is 944 g/mol. The molecule has 14 rings (SSSR count). The lowest BCUT2D eigenvalue weighted by Crippen LogP contribution is -1.89. The Bertz CT molecular complexity index is 4120. The molecule has 4 N–H and O–H groups in total. The molecule has 8 heteroatoms. The number of aromatic nitrogens is 8. The Morgan fingerprint density at radius 2 is 0.568 bits per heavy atom. The Balaban J connectivity index is 0.765. The molecule has 74 heavy (non-hydrogen) atoms. The van der Waals surface area contributed by atoms with E-state index in [1.807, 2.05) is 24.3 Å². The number of rotatable bonds is 2. The van der Waals surface area contributed by atoms with E-state index in [2.05, 4.69) is 238 Å². The van der Waals surface area contributed by atoms with Gasteiger partial charge in [-0.3, -0.25) is 0 Å². The van der Waals surface area contributed by atoms with E-state index in [4.69, 9.17) is 19.9 Å². The topological polar surface area (TPSA) is 115 Å². The number of H-pyrrole nitrogens is 4. The Morgan fingerprint density at radius 1 is 0.270 bits per heavy atom. The van der Waals surface area contributed by atoms with Crippen molar-refractivity contribution in [3.05, 3.63) is 238 Å². The molecule has 8 nitrogen and oxygen atoms in total. The van der Waals surface area contributed by atoms with Crippen LogP contribution in [0, 0.1) is 23.7 Å². The van der Waals surface area contributed by atoms with Gasteiger partial charge in [-0.2, -0.15) is 0 Å². The zero-order valence-corrected chi connectivity index (χ0v) is 39.6. The number of hydrogen-bond donors (Lipinski definition) is 4.